The van der Waals surface area contributed by atoms with Crippen molar-refractivity contribution in [2.75, 3.05) is 62.6 Å². The molecule has 340 valence electrons. The Morgan fingerprint density at radius 1 is 1.02 bits per heavy atom. The number of imide groups is 1. The van der Waals surface area contributed by atoms with Crippen LogP contribution in [0.1, 0.15) is 66.9 Å². The van der Waals surface area contributed by atoms with Crippen LogP contribution >= 0.6 is 0 Å². The summed E-state index contributed by atoms with van der Waals surface area (Å²) < 4.78 is 40.6. The average Bonchev–Trinajstić information content (AvgIpc) is 4.13. The predicted octanol–water partition coefficient (Wildman–Crippen LogP) is 3.57. The van der Waals surface area contributed by atoms with Crippen LogP contribution in [-0.2, 0) is 19.1 Å². The van der Waals surface area contributed by atoms with Crippen molar-refractivity contribution in [3.63, 3.8) is 0 Å². The molecule has 65 heavy (non-hydrogen) atoms. The Bertz CT molecular complexity index is 2720. The van der Waals surface area contributed by atoms with Crippen LogP contribution in [0.2, 0.25) is 0 Å². The number of benzene rings is 2. The highest BCUT2D eigenvalue weighted by molar-refractivity contribution is 6.14. The smallest absolute Gasteiger partial charge is 0.279 e. The number of halogens is 2. The van der Waals surface area contributed by atoms with E-state index in [1.807, 2.05) is 30.3 Å². The van der Waals surface area contributed by atoms with E-state index in [1.54, 1.807) is 12.3 Å². The summed E-state index contributed by atoms with van der Waals surface area (Å²) in [5.41, 5.74) is 6.89. The van der Waals surface area contributed by atoms with E-state index in [0.717, 1.165) is 75.6 Å². The van der Waals surface area contributed by atoms with E-state index in [9.17, 15) is 28.0 Å². The van der Waals surface area contributed by atoms with Gasteiger partial charge in [-0.2, -0.15) is 5.10 Å². The topological polar surface area (TPSA) is 218 Å². The molecule has 2 aromatic carbocycles. The van der Waals surface area contributed by atoms with E-state index in [1.165, 1.54) is 16.9 Å². The number of amides is 4. The Morgan fingerprint density at radius 2 is 1.83 bits per heavy atom. The van der Waals surface area contributed by atoms with Gasteiger partial charge in [-0.1, -0.05) is 17.3 Å². The number of rotatable bonds is 12. The van der Waals surface area contributed by atoms with Gasteiger partial charge >= 0.3 is 0 Å². The van der Waals surface area contributed by atoms with E-state index in [-0.39, 0.29) is 54.2 Å². The monoisotopic (exact) mass is 892 g/mol. The molecule has 5 fully saturated rings. The lowest BCUT2D eigenvalue weighted by Gasteiger charge is -2.37. The summed E-state index contributed by atoms with van der Waals surface area (Å²) in [5, 5.41) is 18.8. The molecule has 4 amide bonds. The number of aromatic nitrogens is 4. The zero-order valence-electron chi connectivity index (χ0n) is 35.6. The first kappa shape index (κ1) is 42.6. The Balaban J connectivity index is 0.698. The number of nitrogens with one attached hydrogen (secondary N) is 3. The van der Waals surface area contributed by atoms with Gasteiger partial charge < -0.3 is 35.4 Å². The highest BCUT2D eigenvalue weighted by Crippen LogP contribution is 2.38. The number of nitrogens with zero attached hydrogens (tertiary/aromatic N) is 8. The molecular weight excluding hydrogens is 843 g/mol. The molecule has 4 saturated heterocycles. The van der Waals surface area contributed by atoms with Gasteiger partial charge in [-0.25, -0.2) is 18.3 Å². The minimum atomic E-state index is -3.00. The highest BCUT2D eigenvalue weighted by Gasteiger charge is 2.40. The average molecular weight is 893 g/mol. The van der Waals surface area contributed by atoms with Gasteiger partial charge in [-0.05, 0) is 74.1 Å². The summed E-state index contributed by atoms with van der Waals surface area (Å²) in [4.78, 5) is 67.4. The maximum absolute atomic E-state index is 13.9. The van der Waals surface area contributed by atoms with Crippen LogP contribution in [0.25, 0.3) is 27.4 Å². The maximum atomic E-state index is 13.9. The first-order valence-corrected chi connectivity index (χ1v) is 22.3. The lowest BCUT2D eigenvalue weighted by molar-refractivity contribution is -0.134. The Hall–Kier alpha value is -6.38. The number of piperidine rings is 1. The fraction of sp³-hybridized carbons (Fsp3) is 0.467. The minimum Gasteiger partial charge on any atom is -0.396 e. The normalized spacial score (nSPS) is 24.7. The zero-order valence-corrected chi connectivity index (χ0v) is 35.6. The number of allylic oxidation sites excluding steroid dienone is 2. The van der Waals surface area contributed by atoms with Gasteiger partial charge in [-0.3, -0.25) is 34.4 Å². The van der Waals surface area contributed by atoms with Gasteiger partial charge in [0.15, 0.2) is 11.2 Å². The van der Waals surface area contributed by atoms with E-state index in [2.05, 4.69) is 45.9 Å². The molecule has 5 N–H and O–H groups in total. The molecule has 5 aliphatic rings. The molecule has 1 saturated carbocycles. The summed E-state index contributed by atoms with van der Waals surface area (Å²) in [6.45, 7) is 5.64. The minimum absolute atomic E-state index is 0.100. The zero-order chi connectivity index (χ0) is 44.8. The molecule has 20 heteroatoms. The molecule has 5 aromatic rings. The van der Waals surface area contributed by atoms with Crippen LogP contribution < -0.4 is 26.6 Å². The molecule has 0 radical (unpaired) electrons. The van der Waals surface area contributed by atoms with Gasteiger partial charge in [0, 0.05) is 69.2 Å². The Labute approximate surface area is 371 Å². The number of ether oxygens (including phenoxy) is 1. The molecule has 3 atom stereocenters. The first-order valence-electron chi connectivity index (χ1n) is 22.3. The summed E-state index contributed by atoms with van der Waals surface area (Å²) in [6, 6.07) is 11.2. The molecular formula is C45H50F2N12O6. The largest absolute Gasteiger partial charge is 0.396 e. The SMILES string of the molecule is NC(=C(C=NC1CCC(CN2CCN(CC(=O)Nc3cccc4c3ccc3onc([C@H]5CCC(=O)NC5=O)c34)CC2)CC1)NC(=O)c1cnn2ccc(N3C[C@H]4C[C@@H]3CO4)nc12)C(F)F. The molecule has 7 heterocycles. The second kappa shape index (κ2) is 17.9. The summed E-state index contributed by atoms with van der Waals surface area (Å²) >= 11 is 0. The van der Waals surface area contributed by atoms with Crippen molar-refractivity contribution in [2.45, 2.75) is 75.5 Å². The third-order valence-corrected chi connectivity index (χ3v) is 13.5. The van der Waals surface area contributed by atoms with Crippen LogP contribution in [-0.4, -0.2) is 136 Å². The molecule has 0 unspecified atom stereocenters. The van der Waals surface area contributed by atoms with E-state index in [4.69, 9.17) is 20.0 Å². The van der Waals surface area contributed by atoms with Crippen molar-refractivity contribution in [1.29, 1.82) is 0 Å². The molecule has 2 bridgehead atoms. The van der Waals surface area contributed by atoms with Gasteiger partial charge in [-0.15, -0.1) is 0 Å². The van der Waals surface area contributed by atoms with Crippen LogP contribution in [0.5, 0.6) is 0 Å². The maximum Gasteiger partial charge on any atom is 0.279 e. The Kier molecular flexibility index (Phi) is 11.7. The Morgan fingerprint density at radius 3 is 2.58 bits per heavy atom. The lowest BCUT2D eigenvalue weighted by atomic mass is 9.86. The van der Waals surface area contributed by atoms with Crippen LogP contribution in [0, 0.1) is 5.92 Å². The quantitative estimate of drug-likeness (QED) is 0.104. The van der Waals surface area contributed by atoms with E-state index in [0.29, 0.717) is 59.3 Å². The first-order chi connectivity index (χ1) is 31.5. The standard InChI is InChI=1S/C45H50F2N12O6/c46-42(47)40(48)34(52-45(63)32-19-50-59-13-12-36(53-43(32)59)58-22-28-18-27(58)24-64-28)20-49-26-6-4-25(5-7-26)21-56-14-16-57(17-15-56)23-38(61)51-33-3-1-2-30-29(33)8-10-35-39(30)41(55-65-35)31-9-11-37(60)54-44(31)62/h1-3,8,10,12-13,19-20,25-28,31,42H,4-7,9,11,14-18,21-24,48H2,(H,51,61)(H,52,63)(H,54,60,62)/t25?,26?,27-,28-,31-/m1/s1. The number of nitrogens with two attached hydrogens (primary N) is 1. The van der Waals surface area contributed by atoms with Crippen LogP contribution in [0.3, 0.4) is 0 Å². The number of carbonyl (C=O) groups excluding carboxylic acids is 4. The van der Waals surface area contributed by atoms with Crippen molar-refractivity contribution in [1.82, 2.24) is 40.2 Å². The number of fused-ring (bicyclic) bond motifs is 6. The van der Waals surface area contributed by atoms with Gasteiger partial charge in [0.1, 0.15) is 22.8 Å². The number of hydrogen-bond donors (Lipinski definition) is 4. The van der Waals surface area contributed by atoms with Crippen LogP contribution in [0.4, 0.5) is 20.3 Å². The van der Waals surface area contributed by atoms with Crippen molar-refractivity contribution in [3.05, 3.63) is 71.4 Å². The summed E-state index contributed by atoms with van der Waals surface area (Å²) in [6.07, 6.45) is 6.40. The third kappa shape index (κ3) is 8.76. The van der Waals surface area contributed by atoms with Gasteiger partial charge in [0.2, 0.25) is 17.7 Å². The number of piperazine rings is 1. The van der Waals surface area contributed by atoms with Crippen LogP contribution in [0.15, 0.2) is 69.7 Å². The fourth-order valence-corrected chi connectivity index (χ4v) is 10.0. The van der Waals surface area contributed by atoms with E-state index < -0.39 is 29.9 Å². The molecule has 18 nitrogen and oxygen atoms in total. The third-order valence-electron chi connectivity index (χ3n) is 13.5. The molecule has 0 spiro atoms. The number of aliphatic imine (C=N–C) groups is 1. The second-order valence-corrected chi connectivity index (χ2v) is 17.7. The van der Waals surface area contributed by atoms with Crippen molar-refractivity contribution < 1.29 is 37.2 Å². The molecule has 4 aliphatic heterocycles. The summed E-state index contributed by atoms with van der Waals surface area (Å²) in [7, 11) is 0. The molecule has 1 aliphatic carbocycles. The van der Waals surface area contributed by atoms with Crippen molar-refractivity contribution >= 4 is 68.7 Å². The molecule has 3 aromatic heterocycles. The number of hydrogen-bond acceptors (Lipinski definition) is 14. The highest BCUT2D eigenvalue weighted by atomic mass is 19.3. The summed E-state index contributed by atoms with van der Waals surface area (Å²) in [5.74, 6) is -0.942. The number of carbonyl (C=O) groups is 4. The van der Waals surface area contributed by atoms with Gasteiger partial charge in [0.25, 0.3) is 12.3 Å². The second-order valence-electron chi connectivity index (χ2n) is 17.7. The number of morpholine rings is 1. The lowest BCUT2D eigenvalue weighted by Crippen LogP contribution is -2.49. The van der Waals surface area contributed by atoms with Crippen molar-refractivity contribution in [3.8, 4) is 0 Å². The number of alkyl halides is 2. The fourth-order valence-electron chi connectivity index (χ4n) is 10.0. The van der Waals surface area contributed by atoms with Gasteiger partial charge in [0.05, 0.1) is 54.5 Å². The van der Waals surface area contributed by atoms with Crippen molar-refractivity contribution in [2.24, 2.45) is 16.6 Å². The predicted molar refractivity (Wildman–Crippen MR) is 236 cm³/mol. The molecule has 10 rings (SSSR count). The number of anilines is 2. The van der Waals surface area contributed by atoms with E-state index >= 15 is 0 Å².